The van der Waals surface area contributed by atoms with Crippen LogP contribution in [-0.4, -0.2) is 31.1 Å². The molecule has 2 aliphatic rings. The Morgan fingerprint density at radius 1 is 1.33 bits per heavy atom. The fourth-order valence-electron chi connectivity index (χ4n) is 3.93. The summed E-state index contributed by atoms with van der Waals surface area (Å²) in [5.41, 5.74) is 6.39. The zero-order valence-corrected chi connectivity index (χ0v) is 10.3. The molecule has 1 saturated heterocycles. The third kappa shape index (κ3) is 1.83. The van der Waals surface area contributed by atoms with Crippen LogP contribution in [0.2, 0.25) is 0 Å². The van der Waals surface area contributed by atoms with E-state index in [2.05, 4.69) is 18.7 Å². The molecule has 15 heavy (non-hydrogen) atoms. The summed E-state index contributed by atoms with van der Waals surface area (Å²) in [6, 6.07) is 0. The maximum atomic E-state index is 5.66. The minimum absolute atomic E-state index is 0.722. The summed E-state index contributed by atoms with van der Waals surface area (Å²) in [4.78, 5) is 2.59. The Morgan fingerprint density at radius 3 is 2.53 bits per heavy atom. The molecule has 0 aromatic carbocycles. The van der Waals surface area contributed by atoms with Crippen molar-refractivity contribution in [3.63, 3.8) is 0 Å². The molecule has 1 aliphatic carbocycles. The van der Waals surface area contributed by atoms with Gasteiger partial charge >= 0.3 is 0 Å². The third-order valence-corrected chi connectivity index (χ3v) is 5.03. The zero-order chi connectivity index (χ0) is 10.9. The van der Waals surface area contributed by atoms with E-state index in [9.17, 15) is 0 Å². The van der Waals surface area contributed by atoms with Gasteiger partial charge in [-0.25, -0.2) is 0 Å². The van der Waals surface area contributed by atoms with Crippen LogP contribution in [0.25, 0.3) is 0 Å². The molecule has 2 nitrogen and oxygen atoms in total. The van der Waals surface area contributed by atoms with Crippen molar-refractivity contribution in [2.45, 2.75) is 39.5 Å². The van der Waals surface area contributed by atoms with E-state index in [0.29, 0.717) is 0 Å². The standard InChI is InChI=1S/C13H26N2/c1-3-12-10-15(8-7-14)9-11(2)13(12)5-4-6-13/h11-12H,3-10,14H2,1-2H3. The summed E-state index contributed by atoms with van der Waals surface area (Å²) in [5.74, 6) is 1.82. The maximum Gasteiger partial charge on any atom is 0.0105 e. The summed E-state index contributed by atoms with van der Waals surface area (Å²) >= 11 is 0. The number of hydrogen-bond donors (Lipinski definition) is 1. The molecule has 2 unspecified atom stereocenters. The summed E-state index contributed by atoms with van der Waals surface area (Å²) < 4.78 is 0. The molecule has 0 amide bonds. The van der Waals surface area contributed by atoms with Crippen LogP contribution in [0.15, 0.2) is 0 Å². The van der Waals surface area contributed by atoms with E-state index >= 15 is 0 Å². The molecule has 2 rings (SSSR count). The highest BCUT2D eigenvalue weighted by Gasteiger charge is 2.50. The molecule has 2 heteroatoms. The molecule has 88 valence electrons. The van der Waals surface area contributed by atoms with Gasteiger partial charge in [0.1, 0.15) is 0 Å². The zero-order valence-electron chi connectivity index (χ0n) is 10.3. The van der Waals surface area contributed by atoms with E-state index < -0.39 is 0 Å². The molecular formula is C13H26N2. The van der Waals surface area contributed by atoms with Crippen LogP contribution in [-0.2, 0) is 0 Å². The van der Waals surface area contributed by atoms with Crippen molar-refractivity contribution in [1.29, 1.82) is 0 Å². The van der Waals surface area contributed by atoms with Gasteiger partial charge < -0.3 is 10.6 Å². The van der Waals surface area contributed by atoms with Crippen LogP contribution < -0.4 is 5.73 Å². The largest absolute Gasteiger partial charge is 0.329 e. The molecule has 2 fully saturated rings. The first-order valence-corrected chi connectivity index (χ1v) is 6.65. The Kier molecular flexibility index (Phi) is 3.36. The highest BCUT2D eigenvalue weighted by atomic mass is 15.1. The molecule has 0 bridgehead atoms. The molecule has 1 spiro atoms. The van der Waals surface area contributed by atoms with E-state index in [1.807, 2.05) is 0 Å². The lowest BCUT2D eigenvalue weighted by Crippen LogP contribution is -2.56. The van der Waals surface area contributed by atoms with Crippen molar-refractivity contribution < 1.29 is 0 Å². The monoisotopic (exact) mass is 210 g/mol. The topological polar surface area (TPSA) is 29.3 Å². The van der Waals surface area contributed by atoms with Crippen molar-refractivity contribution in [2.75, 3.05) is 26.2 Å². The highest BCUT2D eigenvalue weighted by molar-refractivity contribution is 5.01. The van der Waals surface area contributed by atoms with Gasteiger partial charge in [-0.2, -0.15) is 0 Å². The molecule has 0 radical (unpaired) electrons. The second kappa shape index (κ2) is 4.42. The minimum Gasteiger partial charge on any atom is -0.329 e. The van der Waals surface area contributed by atoms with Gasteiger partial charge in [0.15, 0.2) is 0 Å². The Bertz CT molecular complexity index is 211. The van der Waals surface area contributed by atoms with Crippen LogP contribution in [0, 0.1) is 17.3 Å². The molecule has 0 aromatic rings. The van der Waals surface area contributed by atoms with Gasteiger partial charge in [0.2, 0.25) is 0 Å². The average molecular weight is 210 g/mol. The lowest BCUT2D eigenvalue weighted by molar-refractivity contribution is -0.0772. The second-order valence-corrected chi connectivity index (χ2v) is 5.64. The molecule has 2 N–H and O–H groups in total. The Labute approximate surface area is 94.2 Å². The van der Waals surface area contributed by atoms with Crippen molar-refractivity contribution in [2.24, 2.45) is 23.0 Å². The van der Waals surface area contributed by atoms with E-state index in [-0.39, 0.29) is 0 Å². The van der Waals surface area contributed by atoms with Crippen LogP contribution in [0.1, 0.15) is 39.5 Å². The van der Waals surface area contributed by atoms with Gasteiger partial charge in [0.05, 0.1) is 0 Å². The van der Waals surface area contributed by atoms with E-state index in [1.165, 1.54) is 38.8 Å². The van der Waals surface area contributed by atoms with Gasteiger partial charge in [-0.1, -0.05) is 26.7 Å². The predicted molar refractivity (Wildman–Crippen MR) is 64.7 cm³/mol. The summed E-state index contributed by atoms with van der Waals surface area (Å²) in [6.45, 7) is 9.33. The fraction of sp³-hybridized carbons (Fsp3) is 1.00. The molecule has 0 aromatic heterocycles. The minimum atomic E-state index is 0.722. The van der Waals surface area contributed by atoms with Crippen LogP contribution in [0.4, 0.5) is 0 Å². The van der Waals surface area contributed by atoms with Crippen molar-refractivity contribution in [1.82, 2.24) is 4.90 Å². The number of piperidine rings is 1. The average Bonchev–Trinajstić information content (AvgIpc) is 2.14. The first-order valence-electron chi connectivity index (χ1n) is 6.65. The van der Waals surface area contributed by atoms with Gasteiger partial charge in [0.25, 0.3) is 0 Å². The van der Waals surface area contributed by atoms with Gasteiger partial charge in [-0.15, -0.1) is 0 Å². The van der Waals surface area contributed by atoms with Crippen LogP contribution >= 0.6 is 0 Å². The summed E-state index contributed by atoms with van der Waals surface area (Å²) in [6.07, 6.45) is 5.80. The van der Waals surface area contributed by atoms with Gasteiger partial charge in [-0.05, 0) is 30.1 Å². The van der Waals surface area contributed by atoms with Crippen molar-refractivity contribution in [3.8, 4) is 0 Å². The molecular weight excluding hydrogens is 184 g/mol. The predicted octanol–water partition coefficient (Wildman–Crippen LogP) is 2.09. The molecule has 1 aliphatic heterocycles. The summed E-state index contributed by atoms with van der Waals surface area (Å²) in [7, 11) is 0. The third-order valence-electron chi connectivity index (χ3n) is 5.03. The quantitative estimate of drug-likeness (QED) is 0.773. The Hall–Kier alpha value is -0.0800. The number of likely N-dealkylation sites (tertiary alicyclic amines) is 1. The van der Waals surface area contributed by atoms with Crippen molar-refractivity contribution >= 4 is 0 Å². The normalized spacial score (nSPS) is 35.4. The number of rotatable bonds is 3. The van der Waals surface area contributed by atoms with Crippen LogP contribution in [0.5, 0.6) is 0 Å². The second-order valence-electron chi connectivity index (χ2n) is 5.64. The molecule has 2 atom stereocenters. The molecule has 1 heterocycles. The number of hydrogen-bond acceptors (Lipinski definition) is 2. The van der Waals surface area contributed by atoms with E-state index in [4.69, 9.17) is 5.73 Å². The van der Waals surface area contributed by atoms with Crippen molar-refractivity contribution in [3.05, 3.63) is 0 Å². The first kappa shape index (κ1) is 11.4. The lowest BCUT2D eigenvalue weighted by Gasteiger charge is -2.57. The highest BCUT2D eigenvalue weighted by Crippen LogP contribution is 2.55. The van der Waals surface area contributed by atoms with E-state index in [0.717, 1.165) is 30.3 Å². The maximum absolute atomic E-state index is 5.66. The van der Waals surface area contributed by atoms with Crippen LogP contribution in [0.3, 0.4) is 0 Å². The van der Waals surface area contributed by atoms with Gasteiger partial charge in [0, 0.05) is 26.2 Å². The summed E-state index contributed by atoms with van der Waals surface area (Å²) in [5, 5.41) is 0. The van der Waals surface area contributed by atoms with Gasteiger partial charge in [-0.3, -0.25) is 0 Å². The Balaban J connectivity index is 2.03. The first-order chi connectivity index (χ1) is 7.23. The molecule has 1 saturated carbocycles. The fourth-order valence-corrected chi connectivity index (χ4v) is 3.93. The number of nitrogens with two attached hydrogens (primary N) is 1. The smallest absolute Gasteiger partial charge is 0.0105 e. The number of nitrogens with zero attached hydrogens (tertiary/aromatic N) is 1. The SMILES string of the molecule is CCC1CN(CCN)CC(C)C12CCC2. The lowest BCUT2D eigenvalue weighted by atomic mass is 9.53. The Morgan fingerprint density at radius 2 is 2.07 bits per heavy atom. The van der Waals surface area contributed by atoms with E-state index in [1.54, 1.807) is 0 Å².